The first-order valence-electron chi connectivity index (χ1n) is 7.96. The van der Waals surface area contributed by atoms with Gasteiger partial charge >= 0.3 is 5.97 Å². The maximum Gasteiger partial charge on any atom is 0.339 e. The molecule has 1 heterocycles. The van der Waals surface area contributed by atoms with Crippen LogP contribution in [0.5, 0.6) is 0 Å². The van der Waals surface area contributed by atoms with Crippen molar-refractivity contribution < 1.29 is 22.7 Å². The molecule has 3 aromatic rings. The lowest BCUT2D eigenvalue weighted by Gasteiger charge is -2.08. The number of H-pyrrole nitrogens is 1. The number of sulfonamides is 1. The monoisotopic (exact) mass is 401 g/mol. The van der Waals surface area contributed by atoms with Crippen molar-refractivity contribution in [2.75, 3.05) is 11.9 Å². The van der Waals surface area contributed by atoms with E-state index in [9.17, 15) is 22.8 Å². The first kappa shape index (κ1) is 19.3. The fraction of sp³-hybridized carbons (Fsp3) is 0.0556. The van der Waals surface area contributed by atoms with Gasteiger partial charge in [0.15, 0.2) is 6.61 Å². The Morgan fingerprint density at radius 3 is 2.43 bits per heavy atom. The first-order chi connectivity index (χ1) is 13.2. The van der Waals surface area contributed by atoms with Gasteiger partial charge in [0.2, 0.25) is 15.6 Å². The van der Waals surface area contributed by atoms with Crippen LogP contribution in [-0.4, -0.2) is 31.9 Å². The molecule has 0 saturated heterocycles. The molecule has 0 unspecified atom stereocenters. The van der Waals surface area contributed by atoms with Crippen molar-refractivity contribution in [3.05, 3.63) is 70.5 Å². The van der Waals surface area contributed by atoms with E-state index in [2.05, 4.69) is 10.3 Å². The molecular formula is C18H15N3O6S. The predicted molar refractivity (Wildman–Crippen MR) is 101 cm³/mol. The van der Waals surface area contributed by atoms with Crippen LogP contribution in [0.4, 0.5) is 5.69 Å². The molecule has 0 bridgehead atoms. The van der Waals surface area contributed by atoms with Crippen molar-refractivity contribution in [1.82, 2.24) is 4.98 Å². The minimum absolute atomic E-state index is 0.0460. The molecule has 28 heavy (non-hydrogen) atoms. The van der Waals surface area contributed by atoms with E-state index in [4.69, 9.17) is 9.88 Å². The second-order valence-electron chi connectivity index (χ2n) is 5.79. The number of esters is 1. The topological polar surface area (TPSA) is 148 Å². The number of benzene rings is 2. The maximum atomic E-state index is 12.3. The van der Waals surface area contributed by atoms with Gasteiger partial charge in [-0.2, -0.15) is 0 Å². The van der Waals surface area contributed by atoms with Crippen LogP contribution in [0.2, 0.25) is 0 Å². The third kappa shape index (κ3) is 4.42. The fourth-order valence-corrected chi connectivity index (χ4v) is 3.02. The van der Waals surface area contributed by atoms with E-state index in [0.29, 0.717) is 16.6 Å². The first-order valence-corrected chi connectivity index (χ1v) is 9.50. The smallest absolute Gasteiger partial charge is 0.339 e. The highest BCUT2D eigenvalue weighted by atomic mass is 32.2. The third-order valence-corrected chi connectivity index (χ3v) is 4.70. The number of anilines is 1. The van der Waals surface area contributed by atoms with Gasteiger partial charge in [-0.25, -0.2) is 18.4 Å². The number of rotatable bonds is 5. The van der Waals surface area contributed by atoms with E-state index in [0.717, 1.165) is 6.07 Å². The third-order valence-electron chi connectivity index (χ3n) is 3.77. The highest BCUT2D eigenvalue weighted by Gasteiger charge is 2.15. The molecule has 4 N–H and O–H groups in total. The molecule has 0 aliphatic rings. The van der Waals surface area contributed by atoms with E-state index in [1.54, 1.807) is 24.3 Å². The number of carbonyl (C=O) groups is 2. The summed E-state index contributed by atoms with van der Waals surface area (Å²) in [4.78, 5) is 38.4. The number of fused-ring (bicyclic) bond motifs is 1. The fourth-order valence-electron chi connectivity index (χ4n) is 2.51. The molecule has 0 fully saturated rings. The number of primary sulfonamides is 1. The molecule has 144 valence electrons. The van der Waals surface area contributed by atoms with E-state index < -0.39 is 34.1 Å². The SMILES string of the molecule is NS(=O)(=O)c1ccc(NC(=O)COC(=O)c2cc(=O)[nH]c3ccccc23)cc1. The van der Waals surface area contributed by atoms with E-state index in [-0.39, 0.29) is 10.5 Å². The van der Waals surface area contributed by atoms with Gasteiger partial charge in [0.25, 0.3) is 5.91 Å². The summed E-state index contributed by atoms with van der Waals surface area (Å²) in [5.74, 6) is -1.45. The molecule has 1 amide bonds. The maximum absolute atomic E-state index is 12.3. The Morgan fingerprint density at radius 2 is 1.75 bits per heavy atom. The number of hydrogen-bond acceptors (Lipinski definition) is 6. The zero-order valence-electron chi connectivity index (χ0n) is 14.3. The van der Waals surface area contributed by atoms with Gasteiger partial charge in [0.1, 0.15) is 0 Å². The average Bonchev–Trinajstić information content (AvgIpc) is 2.65. The normalized spacial score (nSPS) is 11.2. The number of carbonyl (C=O) groups excluding carboxylic acids is 2. The number of nitrogens with one attached hydrogen (secondary N) is 2. The number of pyridine rings is 1. The molecule has 1 aromatic heterocycles. The van der Waals surface area contributed by atoms with Crippen molar-refractivity contribution in [2.45, 2.75) is 4.90 Å². The number of para-hydroxylation sites is 1. The average molecular weight is 401 g/mol. The molecule has 0 aliphatic heterocycles. The molecule has 0 aliphatic carbocycles. The van der Waals surface area contributed by atoms with Crippen molar-refractivity contribution in [3.8, 4) is 0 Å². The second-order valence-corrected chi connectivity index (χ2v) is 7.35. The van der Waals surface area contributed by atoms with Crippen molar-refractivity contribution in [3.63, 3.8) is 0 Å². The number of aromatic amines is 1. The Labute approximate surface area is 159 Å². The summed E-state index contributed by atoms with van der Waals surface area (Å²) in [6, 6.07) is 13.0. The second kappa shape index (κ2) is 7.62. The van der Waals surface area contributed by atoms with E-state index >= 15 is 0 Å². The lowest BCUT2D eigenvalue weighted by molar-refractivity contribution is -0.119. The number of amides is 1. The summed E-state index contributed by atoms with van der Waals surface area (Å²) in [5.41, 5.74) is 0.353. The Morgan fingerprint density at radius 1 is 1.07 bits per heavy atom. The van der Waals surface area contributed by atoms with Crippen LogP contribution in [0.25, 0.3) is 10.9 Å². The molecule has 3 rings (SSSR count). The zero-order chi connectivity index (χ0) is 20.3. The molecule has 0 radical (unpaired) electrons. The van der Waals surface area contributed by atoms with Gasteiger partial charge in [-0.15, -0.1) is 0 Å². The van der Waals surface area contributed by atoms with Crippen LogP contribution < -0.4 is 16.0 Å². The molecule has 2 aromatic carbocycles. The van der Waals surface area contributed by atoms with E-state index in [1.165, 1.54) is 24.3 Å². The van der Waals surface area contributed by atoms with Gasteiger partial charge < -0.3 is 15.0 Å². The molecule has 0 atom stereocenters. The number of nitrogens with two attached hydrogens (primary N) is 1. The van der Waals surface area contributed by atoms with Crippen molar-refractivity contribution in [1.29, 1.82) is 0 Å². The Hall–Kier alpha value is -3.50. The lowest BCUT2D eigenvalue weighted by Crippen LogP contribution is -2.22. The van der Waals surface area contributed by atoms with Gasteiger partial charge in [-0.1, -0.05) is 18.2 Å². The Kier molecular flexibility index (Phi) is 5.25. The molecular weight excluding hydrogens is 386 g/mol. The Balaban J connectivity index is 1.67. The zero-order valence-corrected chi connectivity index (χ0v) is 15.2. The molecule has 0 spiro atoms. The van der Waals surface area contributed by atoms with Crippen LogP contribution in [-0.2, 0) is 19.6 Å². The van der Waals surface area contributed by atoms with Crippen LogP contribution in [0.1, 0.15) is 10.4 Å². The highest BCUT2D eigenvalue weighted by Crippen LogP contribution is 2.16. The molecule has 9 nitrogen and oxygen atoms in total. The summed E-state index contributed by atoms with van der Waals surface area (Å²) >= 11 is 0. The molecule has 10 heteroatoms. The van der Waals surface area contributed by atoms with Crippen LogP contribution in [0, 0.1) is 0 Å². The minimum Gasteiger partial charge on any atom is -0.452 e. The summed E-state index contributed by atoms with van der Waals surface area (Å²) in [6.45, 7) is -0.586. The summed E-state index contributed by atoms with van der Waals surface area (Å²) in [5, 5.41) is 7.95. The predicted octanol–water partition coefficient (Wildman–Crippen LogP) is 0.971. The van der Waals surface area contributed by atoms with Gasteiger partial charge in [-0.05, 0) is 30.3 Å². The van der Waals surface area contributed by atoms with Gasteiger partial charge in [-0.3, -0.25) is 9.59 Å². The van der Waals surface area contributed by atoms with Crippen molar-refractivity contribution >= 4 is 38.5 Å². The van der Waals surface area contributed by atoms with Gasteiger partial charge in [0, 0.05) is 22.7 Å². The van der Waals surface area contributed by atoms with E-state index in [1.807, 2.05) is 0 Å². The number of hydrogen-bond donors (Lipinski definition) is 3. The quantitative estimate of drug-likeness (QED) is 0.543. The Bertz CT molecular complexity index is 1220. The molecule has 0 saturated carbocycles. The minimum atomic E-state index is -3.83. The van der Waals surface area contributed by atoms with Crippen LogP contribution >= 0.6 is 0 Å². The summed E-state index contributed by atoms with van der Waals surface area (Å²) in [6.07, 6.45) is 0. The van der Waals surface area contributed by atoms with Crippen molar-refractivity contribution in [2.24, 2.45) is 5.14 Å². The number of aromatic nitrogens is 1. The summed E-state index contributed by atoms with van der Waals surface area (Å²) < 4.78 is 27.4. The lowest BCUT2D eigenvalue weighted by atomic mass is 10.1. The summed E-state index contributed by atoms with van der Waals surface area (Å²) in [7, 11) is -3.83. The van der Waals surface area contributed by atoms with Gasteiger partial charge in [0.05, 0.1) is 10.5 Å². The van der Waals surface area contributed by atoms with Crippen LogP contribution in [0.3, 0.4) is 0 Å². The largest absolute Gasteiger partial charge is 0.452 e. The standard InChI is InChI=1S/C18H15N3O6S/c19-28(25,26)12-7-5-11(6-8-12)20-17(23)10-27-18(24)14-9-16(22)21-15-4-2-1-3-13(14)15/h1-9H,10H2,(H,20,23)(H,21,22)(H2,19,25,26). The van der Waals surface area contributed by atoms with Crippen LogP contribution in [0.15, 0.2) is 64.3 Å². The highest BCUT2D eigenvalue weighted by molar-refractivity contribution is 7.89. The number of ether oxygens (including phenoxy) is 1.